The predicted octanol–water partition coefficient (Wildman–Crippen LogP) is 1.12. The highest BCUT2D eigenvalue weighted by atomic mass is 16.3. The Labute approximate surface area is 124 Å². The van der Waals surface area contributed by atoms with Crippen LogP contribution in [0.3, 0.4) is 0 Å². The summed E-state index contributed by atoms with van der Waals surface area (Å²) in [6, 6.07) is 5.02. The first-order valence-corrected chi connectivity index (χ1v) is 7.03. The zero-order valence-corrected chi connectivity index (χ0v) is 12.5. The van der Waals surface area contributed by atoms with Crippen molar-refractivity contribution >= 4 is 11.7 Å². The van der Waals surface area contributed by atoms with Crippen LogP contribution in [-0.2, 0) is 6.42 Å². The first kappa shape index (κ1) is 15.2. The van der Waals surface area contributed by atoms with Gasteiger partial charge in [0, 0.05) is 13.6 Å². The van der Waals surface area contributed by atoms with E-state index in [0.717, 1.165) is 24.4 Å². The number of phenolic OH excluding ortho intramolecular Hbond substituents is 2. The Hall–Kier alpha value is -2.24. The van der Waals surface area contributed by atoms with E-state index in [1.54, 1.807) is 12.1 Å². The lowest BCUT2D eigenvalue weighted by Gasteiger charge is -2.21. The Balaban J connectivity index is 1.99. The molecule has 21 heavy (non-hydrogen) atoms. The van der Waals surface area contributed by atoms with Crippen molar-refractivity contribution in [2.45, 2.75) is 25.8 Å². The van der Waals surface area contributed by atoms with Gasteiger partial charge in [-0.3, -0.25) is 9.98 Å². The molecule has 1 aliphatic heterocycles. The highest BCUT2D eigenvalue weighted by Gasteiger charge is 2.14. The van der Waals surface area contributed by atoms with E-state index in [-0.39, 0.29) is 17.5 Å². The number of aromatic hydroxyl groups is 2. The Morgan fingerprint density at radius 1 is 1.33 bits per heavy atom. The van der Waals surface area contributed by atoms with Gasteiger partial charge in [0.25, 0.3) is 0 Å². The van der Waals surface area contributed by atoms with E-state index in [9.17, 15) is 10.2 Å². The number of amidine groups is 2. The molecule has 0 aliphatic carbocycles. The standard InChI is InChI=1S/C15H22N4O2/c1-10-9-17-14(16)8-15(18-10)19(2)6-5-11-3-4-12(20)13(21)7-11/h3-4,7,10,20-21H,5-6,8-9H2,1-2H3,(H2,16,17). The summed E-state index contributed by atoms with van der Waals surface area (Å²) in [5, 5.41) is 18.8. The van der Waals surface area contributed by atoms with Gasteiger partial charge in [0.1, 0.15) is 11.7 Å². The lowest BCUT2D eigenvalue weighted by atomic mass is 10.1. The molecule has 6 nitrogen and oxygen atoms in total. The number of hydrogen-bond donors (Lipinski definition) is 3. The number of hydrogen-bond acceptors (Lipinski definition) is 6. The second-order valence-corrected chi connectivity index (χ2v) is 5.40. The van der Waals surface area contributed by atoms with E-state index < -0.39 is 0 Å². The molecule has 1 atom stereocenters. The number of benzene rings is 1. The van der Waals surface area contributed by atoms with E-state index in [4.69, 9.17) is 5.73 Å². The van der Waals surface area contributed by atoms with E-state index in [0.29, 0.717) is 18.8 Å². The maximum Gasteiger partial charge on any atom is 0.157 e. The number of phenols is 2. The number of nitrogens with zero attached hydrogens (tertiary/aromatic N) is 3. The maximum atomic E-state index is 9.50. The van der Waals surface area contributed by atoms with Gasteiger partial charge >= 0.3 is 0 Å². The summed E-state index contributed by atoms with van der Waals surface area (Å²) in [5.41, 5.74) is 6.81. The van der Waals surface area contributed by atoms with Gasteiger partial charge in [0.2, 0.25) is 0 Å². The quantitative estimate of drug-likeness (QED) is 0.727. The van der Waals surface area contributed by atoms with Crippen molar-refractivity contribution in [3.63, 3.8) is 0 Å². The largest absolute Gasteiger partial charge is 0.504 e. The second-order valence-electron chi connectivity index (χ2n) is 5.40. The molecule has 114 valence electrons. The molecule has 1 aromatic rings. The summed E-state index contributed by atoms with van der Waals surface area (Å²) < 4.78 is 0. The van der Waals surface area contributed by atoms with Crippen LogP contribution in [-0.4, -0.2) is 53.0 Å². The molecule has 6 heteroatoms. The average Bonchev–Trinajstić information content (AvgIpc) is 2.61. The minimum Gasteiger partial charge on any atom is -0.504 e. The van der Waals surface area contributed by atoms with Gasteiger partial charge in [-0.2, -0.15) is 0 Å². The first-order valence-electron chi connectivity index (χ1n) is 7.03. The lowest BCUT2D eigenvalue weighted by Crippen LogP contribution is -2.32. The maximum absolute atomic E-state index is 9.50. The SMILES string of the molecule is CC1CN=C(N)CC(N(C)CCc2ccc(O)c(O)c2)=N1. The van der Waals surface area contributed by atoms with Crippen LogP contribution in [0, 0.1) is 0 Å². The first-order chi connectivity index (χ1) is 9.95. The van der Waals surface area contributed by atoms with Crippen LogP contribution in [0.25, 0.3) is 0 Å². The third-order valence-electron chi connectivity index (χ3n) is 3.48. The molecule has 1 aromatic carbocycles. The van der Waals surface area contributed by atoms with Crippen LogP contribution in [0.15, 0.2) is 28.2 Å². The molecule has 2 rings (SSSR count). The minimum atomic E-state index is -0.0990. The lowest BCUT2D eigenvalue weighted by molar-refractivity contribution is 0.402. The van der Waals surface area contributed by atoms with Crippen LogP contribution >= 0.6 is 0 Å². The van der Waals surface area contributed by atoms with Gasteiger partial charge in [-0.25, -0.2) is 0 Å². The third-order valence-corrected chi connectivity index (χ3v) is 3.48. The third kappa shape index (κ3) is 4.11. The fourth-order valence-corrected chi connectivity index (χ4v) is 2.19. The molecule has 0 aromatic heterocycles. The van der Waals surface area contributed by atoms with Crippen molar-refractivity contribution in [2.75, 3.05) is 20.1 Å². The fourth-order valence-electron chi connectivity index (χ4n) is 2.19. The molecule has 0 saturated carbocycles. The number of likely N-dealkylation sites (N-methyl/N-ethyl adjacent to an activating group) is 1. The monoisotopic (exact) mass is 290 g/mol. The molecule has 0 spiro atoms. The van der Waals surface area contributed by atoms with E-state index in [2.05, 4.69) is 14.9 Å². The van der Waals surface area contributed by atoms with Gasteiger partial charge in [-0.15, -0.1) is 0 Å². The molecule has 0 fully saturated rings. The molecule has 4 N–H and O–H groups in total. The highest BCUT2D eigenvalue weighted by molar-refractivity contribution is 6.02. The molecule has 0 bridgehead atoms. The molecule has 1 aliphatic rings. The summed E-state index contributed by atoms with van der Waals surface area (Å²) in [4.78, 5) is 11.0. The average molecular weight is 290 g/mol. The molecule has 1 unspecified atom stereocenters. The van der Waals surface area contributed by atoms with Crippen LogP contribution in [0.2, 0.25) is 0 Å². The van der Waals surface area contributed by atoms with Gasteiger partial charge in [0.15, 0.2) is 11.5 Å². The van der Waals surface area contributed by atoms with Crippen molar-refractivity contribution in [2.24, 2.45) is 15.7 Å². The molecule has 0 saturated heterocycles. The van der Waals surface area contributed by atoms with Gasteiger partial charge in [0.05, 0.1) is 19.0 Å². The van der Waals surface area contributed by atoms with Crippen molar-refractivity contribution < 1.29 is 10.2 Å². The fraction of sp³-hybridized carbons (Fsp3) is 0.467. The van der Waals surface area contributed by atoms with Gasteiger partial charge in [-0.05, 0) is 31.0 Å². The molecule has 0 radical (unpaired) electrons. The molecular weight excluding hydrogens is 268 g/mol. The zero-order valence-electron chi connectivity index (χ0n) is 12.5. The van der Waals surface area contributed by atoms with Crippen LogP contribution in [0.4, 0.5) is 0 Å². The highest BCUT2D eigenvalue weighted by Crippen LogP contribution is 2.25. The smallest absolute Gasteiger partial charge is 0.157 e. The van der Waals surface area contributed by atoms with Crippen molar-refractivity contribution in [3.8, 4) is 11.5 Å². The second kappa shape index (κ2) is 6.47. The molecule has 0 amide bonds. The number of rotatable bonds is 3. The molecule has 1 heterocycles. The van der Waals surface area contributed by atoms with Gasteiger partial charge in [-0.1, -0.05) is 6.07 Å². The summed E-state index contributed by atoms with van der Waals surface area (Å²) >= 11 is 0. The van der Waals surface area contributed by atoms with Crippen LogP contribution < -0.4 is 5.73 Å². The van der Waals surface area contributed by atoms with Crippen molar-refractivity contribution in [1.82, 2.24) is 4.90 Å². The Morgan fingerprint density at radius 3 is 2.81 bits per heavy atom. The topological polar surface area (TPSA) is 94.4 Å². The summed E-state index contributed by atoms with van der Waals surface area (Å²) in [7, 11) is 1.98. The normalized spacial score (nSPS) is 18.7. The van der Waals surface area contributed by atoms with Crippen molar-refractivity contribution in [1.29, 1.82) is 0 Å². The van der Waals surface area contributed by atoms with Crippen molar-refractivity contribution in [3.05, 3.63) is 23.8 Å². The van der Waals surface area contributed by atoms with E-state index >= 15 is 0 Å². The zero-order chi connectivity index (χ0) is 15.4. The van der Waals surface area contributed by atoms with E-state index in [1.165, 1.54) is 6.07 Å². The van der Waals surface area contributed by atoms with Crippen LogP contribution in [0.1, 0.15) is 18.9 Å². The number of nitrogens with two attached hydrogens (primary N) is 1. The summed E-state index contributed by atoms with van der Waals surface area (Å²) in [5.74, 6) is 1.36. The minimum absolute atomic E-state index is 0.0908. The summed E-state index contributed by atoms with van der Waals surface area (Å²) in [6.45, 7) is 3.41. The summed E-state index contributed by atoms with van der Waals surface area (Å²) in [6.07, 6.45) is 1.32. The number of aliphatic imine (C=N–C) groups is 2. The molecular formula is C15H22N4O2. The Bertz CT molecular complexity index is 569. The van der Waals surface area contributed by atoms with Gasteiger partial charge < -0.3 is 20.8 Å². The Morgan fingerprint density at radius 2 is 2.10 bits per heavy atom. The van der Waals surface area contributed by atoms with E-state index in [1.807, 2.05) is 14.0 Å². The predicted molar refractivity (Wildman–Crippen MR) is 84.1 cm³/mol. The Kier molecular flexibility index (Phi) is 4.67. The van der Waals surface area contributed by atoms with Crippen LogP contribution in [0.5, 0.6) is 11.5 Å².